The molecule has 0 heterocycles. The van der Waals surface area contributed by atoms with Crippen molar-refractivity contribution < 1.29 is 49.0 Å². The smallest absolute Gasteiger partial charge is 0.109 e. The Bertz CT molecular complexity index is 1540. The first-order valence-electron chi connectivity index (χ1n) is 15.9. The summed E-state index contributed by atoms with van der Waals surface area (Å²) < 4.78 is 1.59. The third-order valence-electron chi connectivity index (χ3n) is 8.52. The van der Waals surface area contributed by atoms with E-state index in [9.17, 15) is 0 Å². The van der Waals surface area contributed by atoms with Gasteiger partial charge in [-0.1, -0.05) is 65.3 Å². The second-order valence-corrected chi connectivity index (χ2v) is 15.9. The normalized spacial score (nSPS) is 12.7. The van der Waals surface area contributed by atoms with Crippen LogP contribution in [0.4, 0.5) is 0 Å². The third-order valence-corrected chi connectivity index (χ3v) is 10.5. The molecule has 0 atom stereocenters. The first-order valence-corrected chi connectivity index (χ1v) is 17.1. The molecule has 2 aliphatic rings. The predicted octanol–water partition coefficient (Wildman–Crippen LogP) is 4.89. The second-order valence-electron chi connectivity index (χ2n) is 14.4. The van der Waals surface area contributed by atoms with Crippen LogP contribution in [0.5, 0.6) is 0 Å². The van der Waals surface area contributed by atoms with Gasteiger partial charge in [-0.05, 0) is 28.4 Å². The molecule has 2 aliphatic carbocycles. The van der Waals surface area contributed by atoms with Gasteiger partial charge in [0.05, 0.1) is 0 Å². The van der Waals surface area contributed by atoms with Crippen molar-refractivity contribution in [1.29, 1.82) is 0 Å². The van der Waals surface area contributed by atoms with Gasteiger partial charge in [-0.25, -0.2) is 12.2 Å². The second kappa shape index (κ2) is 17.2. The first-order chi connectivity index (χ1) is 20.8. The van der Waals surface area contributed by atoms with Crippen LogP contribution in [0.2, 0.25) is 0 Å². The number of rotatable bonds is 4. The molecule has 0 fully saturated rings. The average Bonchev–Trinajstić information content (AvgIpc) is 3.69. The Balaban J connectivity index is 0.000000270. The summed E-state index contributed by atoms with van der Waals surface area (Å²) >= 11 is 1.53. The van der Waals surface area contributed by atoms with E-state index in [0.29, 0.717) is 0 Å². The Hall–Kier alpha value is -2.31. The van der Waals surface area contributed by atoms with Gasteiger partial charge in [0.15, 0.2) is 0 Å². The van der Waals surface area contributed by atoms with Crippen molar-refractivity contribution in [2.75, 3.05) is 0 Å². The predicted molar refractivity (Wildman–Crippen MR) is 187 cm³/mol. The van der Waals surface area contributed by atoms with Crippen molar-refractivity contribution in [3.8, 4) is 11.1 Å². The van der Waals surface area contributed by atoms with E-state index in [1.54, 1.807) is 3.21 Å². The average molecular weight is 727 g/mol. The Kier molecular flexibility index (Phi) is 14.9. The molecule has 46 heavy (non-hydrogen) atoms. The summed E-state index contributed by atoms with van der Waals surface area (Å²) in [6.07, 6.45) is 12.1. The Labute approximate surface area is 307 Å². The van der Waals surface area contributed by atoms with Crippen LogP contribution in [-0.4, -0.2) is 3.21 Å². The summed E-state index contributed by atoms with van der Waals surface area (Å²) in [5.41, 5.74) is 11.7. The van der Waals surface area contributed by atoms with Gasteiger partial charge in [0.2, 0.25) is 0 Å². The molecule has 0 nitrogen and oxygen atoms in total. The third kappa shape index (κ3) is 10.6. The van der Waals surface area contributed by atoms with E-state index in [2.05, 4.69) is 165 Å². The van der Waals surface area contributed by atoms with Crippen molar-refractivity contribution in [2.24, 2.45) is 0 Å². The minimum absolute atomic E-state index is 0. The molecule has 0 bridgehead atoms. The fraction of sp³-hybridized carbons (Fsp3) is 0.326. The van der Waals surface area contributed by atoms with E-state index in [4.69, 9.17) is 0 Å². The Morgan fingerprint density at radius 1 is 0.696 bits per heavy atom. The zero-order chi connectivity index (χ0) is 32.0. The van der Waals surface area contributed by atoms with Gasteiger partial charge in [-0.15, -0.1) is 17.5 Å². The van der Waals surface area contributed by atoms with Crippen molar-refractivity contribution in [3.63, 3.8) is 0 Å². The minimum Gasteiger partial charge on any atom is -1.00 e. The van der Waals surface area contributed by atoms with Gasteiger partial charge in [-0.2, -0.15) is 29.8 Å². The van der Waals surface area contributed by atoms with Crippen LogP contribution >= 0.6 is 0 Å². The number of benzene rings is 4. The zero-order valence-corrected chi connectivity index (χ0v) is 32.7. The summed E-state index contributed by atoms with van der Waals surface area (Å²) in [6.45, 7) is 18.3. The van der Waals surface area contributed by atoms with E-state index in [-0.39, 0.29) is 41.1 Å². The molecule has 0 aliphatic heterocycles. The first kappa shape index (κ1) is 39.9. The molecule has 4 aromatic rings. The number of halogens is 2. The quantitative estimate of drug-likeness (QED) is 0.232. The molecule has 0 radical (unpaired) electrons. The molecular formula is C43H48Cl2Zr-2. The molecule has 0 saturated heterocycles. The van der Waals surface area contributed by atoms with Gasteiger partial charge in [0, 0.05) is 0 Å². The van der Waals surface area contributed by atoms with E-state index >= 15 is 0 Å². The molecular weight excluding hydrogens is 679 g/mol. The zero-order valence-electron chi connectivity index (χ0n) is 28.8. The maximum atomic E-state index is 3.67. The molecule has 0 aromatic heterocycles. The maximum Gasteiger partial charge on any atom is -0.109 e. The molecule has 0 unspecified atom stereocenters. The fourth-order valence-corrected chi connectivity index (χ4v) is 6.27. The SMILES string of the molecule is CC(C)(C)c1[c-]c2c(cc1)-c1ccc(C(C)(C)C)cc1C2.CC(C)([C](=[Zr+2])Cc1ccccc1)c1ccccc1.[C-]1=CC=CC1.[Cl-].[Cl-]. The summed E-state index contributed by atoms with van der Waals surface area (Å²) in [7, 11) is 0. The van der Waals surface area contributed by atoms with E-state index in [1.165, 1.54) is 68.7 Å². The standard InChI is InChI=1S/C21H25.C17H18.C5H5.2ClH.Zr/c1-20(2,3)16-7-9-18-14(12-16)11-15-13-17(21(4,5)6)8-10-19(15)18;1-17(2,16-11-7-4-8-12-16)14-13-15-9-5-3-6-10-15;1-2-4-5-3-1;;;/h7-10,12H,11H2,1-6H3;3-12H,13H2,1-2H3;1-3H,4H2;2*1H;/q-1;;-1;;;+2/p-2. The summed E-state index contributed by atoms with van der Waals surface area (Å²) in [4.78, 5) is 0. The van der Waals surface area contributed by atoms with Crippen molar-refractivity contribution in [3.05, 3.63) is 155 Å². The maximum absolute atomic E-state index is 3.67. The summed E-state index contributed by atoms with van der Waals surface area (Å²) in [5.74, 6) is 0. The van der Waals surface area contributed by atoms with Crippen LogP contribution in [0.25, 0.3) is 11.1 Å². The van der Waals surface area contributed by atoms with Gasteiger partial charge in [-0.3, -0.25) is 6.08 Å². The van der Waals surface area contributed by atoms with Crippen LogP contribution < -0.4 is 24.8 Å². The van der Waals surface area contributed by atoms with Crippen molar-refractivity contribution in [1.82, 2.24) is 0 Å². The Morgan fingerprint density at radius 2 is 1.30 bits per heavy atom. The summed E-state index contributed by atoms with van der Waals surface area (Å²) in [6, 6.07) is 36.7. The van der Waals surface area contributed by atoms with Gasteiger partial charge >= 0.3 is 125 Å². The number of hydrogen-bond donors (Lipinski definition) is 0. The van der Waals surface area contributed by atoms with E-state index < -0.39 is 0 Å². The van der Waals surface area contributed by atoms with Gasteiger partial charge < -0.3 is 24.8 Å². The molecule has 0 N–H and O–H groups in total. The molecule has 6 rings (SSSR count). The minimum atomic E-state index is 0. The topological polar surface area (TPSA) is 0 Å². The van der Waals surface area contributed by atoms with Crippen LogP contribution in [0, 0.1) is 12.1 Å². The Morgan fingerprint density at radius 3 is 1.83 bits per heavy atom. The van der Waals surface area contributed by atoms with Crippen molar-refractivity contribution >= 4 is 3.21 Å². The summed E-state index contributed by atoms with van der Waals surface area (Å²) in [5, 5.41) is 0. The monoisotopic (exact) mass is 724 g/mol. The fourth-order valence-electron chi connectivity index (χ4n) is 5.42. The van der Waals surface area contributed by atoms with Crippen LogP contribution in [0.3, 0.4) is 0 Å². The van der Waals surface area contributed by atoms with Gasteiger partial charge in [0.1, 0.15) is 0 Å². The van der Waals surface area contributed by atoms with E-state index in [0.717, 1.165) is 19.3 Å². The number of fused-ring (bicyclic) bond motifs is 3. The number of allylic oxidation sites excluding steroid dienone is 4. The molecule has 0 saturated carbocycles. The molecule has 4 aromatic carbocycles. The van der Waals surface area contributed by atoms with Crippen LogP contribution in [0.15, 0.2) is 109 Å². The van der Waals surface area contributed by atoms with E-state index in [1.807, 2.05) is 12.2 Å². The largest absolute Gasteiger partial charge is 1.00 e. The van der Waals surface area contributed by atoms with Crippen LogP contribution in [-0.2, 0) is 53.3 Å². The molecule has 240 valence electrons. The molecule has 0 spiro atoms. The molecule has 3 heteroatoms. The van der Waals surface area contributed by atoms with Crippen molar-refractivity contribution in [2.45, 2.75) is 90.9 Å². The number of hydrogen-bond acceptors (Lipinski definition) is 0. The van der Waals surface area contributed by atoms with Gasteiger partial charge in [0.25, 0.3) is 0 Å². The van der Waals surface area contributed by atoms with Crippen LogP contribution in [0.1, 0.15) is 95.2 Å². The molecule has 0 amide bonds.